The van der Waals surface area contributed by atoms with Crippen molar-refractivity contribution in [2.75, 3.05) is 18.6 Å². The highest BCUT2D eigenvalue weighted by Gasteiger charge is 2.23. The molecule has 1 aliphatic heterocycles. The smallest absolute Gasteiger partial charge is 0.337 e. The van der Waals surface area contributed by atoms with Crippen molar-refractivity contribution in [3.8, 4) is 0 Å². The van der Waals surface area contributed by atoms with Crippen molar-refractivity contribution >= 4 is 17.6 Å². The Morgan fingerprint density at radius 1 is 1.00 bits per heavy atom. The van der Waals surface area contributed by atoms with Crippen molar-refractivity contribution in [2.45, 2.75) is 19.3 Å². The molecule has 0 bridgehead atoms. The zero-order valence-electron chi connectivity index (χ0n) is 13.1. The molecule has 2 aromatic carbocycles. The molecule has 0 N–H and O–H groups in total. The second-order valence-electron chi connectivity index (χ2n) is 5.61. The van der Waals surface area contributed by atoms with E-state index in [1.54, 1.807) is 6.07 Å². The monoisotopic (exact) mass is 309 g/mol. The number of rotatable bonds is 2. The normalized spacial score (nSPS) is 13.9. The van der Waals surface area contributed by atoms with Crippen molar-refractivity contribution in [2.24, 2.45) is 0 Å². The molecule has 0 aromatic heterocycles. The van der Waals surface area contributed by atoms with Crippen molar-refractivity contribution in [3.05, 3.63) is 65.2 Å². The molecule has 0 unspecified atom stereocenters. The largest absolute Gasteiger partial charge is 0.465 e. The molecule has 0 atom stereocenters. The van der Waals surface area contributed by atoms with Gasteiger partial charge in [-0.05, 0) is 55.2 Å². The summed E-state index contributed by atoms with van der Waals surface area (Å²) in [7, 11) is 1.37. The van der Waals surface area contributed by atoms with Crippen molar-refractivity contribution in [1.82, 2.24) is 0 Å². The number of hydrogen-bond acceptors (Lipinski definition) is 3. The maximum Gasteiger partial charge on any atom is 0.337 e. The first kappa shape index (κ1) is 15.3. The van der Waals surface area contributed by atoms with Gasteiger partial charge in [0.1, 0.15) is 0 Å². The summed E-state index contributed by atoms with van der Waals surface area (Å²) in [6.07, 6.45) is 2.80. The predicted octanol–water partition coefficient (Wildman–Crippen LogP) is 3.46. The molecule has 0 fully saturated rings. The number of methoxy groups -OCH3 is 1. The Hall–Kier alpha value is -2.62. The Balaban J connectivity index is 1.98. The maximum atomic E-state index is 12.8. The number of aryl methyl sites for hydroxylation is 1. The van der Waals surface area contributed by atoms with E-state index in [4.69, 9.17) is 4.74 Å². The van der Waals surface area contributed by atoms with Gasteiger partial charge in [-0.3, -0.25) is 4.79 Å². The first-order valence-corrected chi connectivity index (χ1v) is 7.79. The summed E-state index contributed by atoms with van der Waals surface area (Å²) in [5, 5.41) is 0. The van der Waals surface area contributed by atoms with E-state index in [0.717, 1.165) is 30.5 Å². The SMILES string of the molecule is COC(=O)c1ccc2c(c1)CCCCN2C(=O)c1ccccc1. The molecule has 3 rings (SSSR count). The number of benzene rings is 2. The van der Waals surface area contributed by atoms with E-state index in [1.165, 1.54) is 7.11 Å². The quantitative estimate of drug-likeness (QED) is 0.798. The van der Waals surface area contributed by atoms with Gasteiger partial charge in [-0.2, -0.15) is 0 Å². The Kier molecular flexibility index (Phi) is 4.42. The number of ether oxygens (including phenoxy) is 1. The third-order valence-electron chi connectivity index (χ3n) is 4.14. The molecule has 0 saturated heterocycles. The zero-order chi connectivity index (χ0) is 16.2. The number of esters is 1. The predicted molar refractivity (Wildman–Crippen MR) is 88.8 cm³/mol. The van der Waals surface area contributed by atoms with Crippen LogP contribution in [0.5, 0.6) is 0 Å². The molecule has 4 heteroatoms. The molecule has 118 valence electrons. The first-order chi connectivity index (χ1) is 11.2. The van der Waals surface area contributed by atoms with E-state index in [-0.39, 0.29) is 11.9 Å². The molecule has 1 amide bonds. The van der Waals surface area contributed by atoms with Gasteiger partial charge in [0, 0.05) is 17.8 Å². The van der Waals surface area contributed by atoms with Crippen molar-refractivity contribution in [3.63, 3.8) is 0 Å². The van der Waals surface area contributed by atoms with Gasteiger partial charge in [0.05, 0.1) is 12.7 Å². The summed E-state index contributed by atoms with van der Waals surface area (Å²) in [4.78, 5) is 26.4. The van der Waals surface area contributed by atoms with Crippen molar-refractivity contribution in [1.29, 1.82) is 0 Å². The number of fused-ring (bicyclic) bond motifs is 1. The molecular formula is C19H19NO3. The summed E-state index contributed by atoms with van der Waals surface area (Å²) in [5.41, 5.74) is 3.12. The Labute approximate surface area is 135 Å². The lowest BCUT2D eigenvalue weighted by Crippen LogP contribution is -2.31. The van der Waals surface area contributed by atoms with Gasteiger partial charge in [0.15, 0.2) is 0 Å². The van der Waals surface area contributed by atoms with E-state index in [2.05, 4.69) is 0 Å². The number of anilines is 1. The summed E-state index contributed by atoms with van der Waals surface area (Å²) in [5.74, 6) is -0.349. The number of amides is 1. The van der Waals surface area contributed by atoms with Crippen LogP contribution in [0.15, 0.2) is 48.5 Å². The Bertz CT molecular complexity index is 725. The van der Waals surface area contributed by atoms with Crippen LogP contribution in [-0.2, 0) is 11.2 Å². The number of hydrogen-bond donors (Lipinski definition) is 0. The van der Waals surface area contributed by atoms with Gasteiger partial charge in [0.2, 0.25) is 0 Å². The third-order valence-corrected chi connectivity index (χ3v) is 4.14. The van der Waals surface area contributed by atoms with E-state index in [1.807, 2.05) is 47.4 Å². The summed E-state index contributed by atoms with van der Waals surface area (Å²) >= 11 is 0. The summed E-state index contributed by atoms with van der Waals surface area (Å²) in [6, 6.07) is 14.7. The molecule has 1 heterocycles. The fourth-order valence-electron chi connectivity index (χ4n) is 2.95. The lowest BCUT2D eigenvalue weighted by molar-refractivity contribution is 0.0600. The average Bonchev–Trinajstić information content (AvgIpc) is 2.83. The highest BCUT2D eigenvalue weighted by Crippen LogP contribution is 2.29. The summed E-state index contributed by atoms with van der Waals surface area (Å²) in [6.45, 7) is 0.693. The second-order valence-corrected chi connectivity index (χ2v) is 5.61. The van der Waals surface area contributed by atoms with Crippen LogP contribution in [0.4, 0.5) is 5.69 Å². The standard InChI is InChI=1S/C19H19NO3/c1-23-19(22)16-10-11-17-15(13-16)9-5-6-12-20(17)18(21)14-7-3-2-4-8-14/h2-4,7-8,10-11,13H,5-6,9,12H2,1H3. The molecule has 0 radical (unpaired) electrons. The average molecular weight is 309 g/mol. The third kappa shape index (κ3) is 3.11. The lowest BCUT2D eigenvalue weighted by Gasteiger charge is -2.23. The fourth-order valence-corrected chi connectivity index (χ4v) is 2.95. The molecule has 0 spiro atoms. The van der Waals surface area contributed by atoms with Crippen LogP contribution in [0.3, 0.4) is 0 Å². The van der Waals surface area contributed by atoms with Crippen LogP contribution in [0.25, 0.3) is 0 Å². The molecule has 0 saturated carbocycles. The van der Waals surface area contributed by atoms with Crippen molar-refractivity contribution < 1.29 is 14.3 Å². The minimum Gasteiger partial charge on any atom is -0.465 e. The lowest BCUT2D eigenvalue weighted by atomic mass is 10.0. The molecular weight excluding hydrogens is 290 g/mol. The minimum absolute atomic E-state index is 0.000400. The van der Waals surface area contributed by atoms with E-state index in [9.17, 15) is 9.59 Å². The van der Waals surface area contributed by atoms with Gasteiger partial charge in [-0.15, -0.1) is 0 Å². The fraction of sp³-hybridized carbons (Fsp3) is 0.263. The highest BCUT2D eigenvalue weighted by molar-refractivity contribution is 6.06. The van der Waals surface area contributed by atoms with Gasteiger partial charge >= 0.3 is 5.97 Å². The van der Waals surface area contributed by atoms with Crippen LogP contribution >= 0.6 is 0 Å². The zero-order valence-corrected chi connectivity index (χ0v) is 13.1. The van der Waals surface area contributed by atoms with Crippen LogP contribution < -0.4 is 4.90 Å². The number of carbonyl (C=O) groups is 2. The topological polar surface area (TPSA) is 46.6 Å². The van der Waals surface area contributed by atoms with E-state index in [0.29, 0.717) is 17.7 Å². The Morgan fingerprint density at radius 2 is 1.78 bits per heavy atom. The van der Waals surface area contributed by atoms with Gasteiger partial charge in [-0.25, -0.2) is 4.79 Å². The molecule has 4 nitrogen and oxygen atoms in total. The van der Waals surface area contributed by atoms with Gasteiger partial charge in [-0.1, -0.05) is 18.2 Å². The molecule has 23 heavy (non-hydrogen) atoms. The van der Waals surface area contributed by atoms with Crippen LogP contribution in [0.2, 0.25) is 0 Å². The van der Waals surface area contributed by atoms with E-state index < -0.39 is 0 Å². The molecule has 0 aliphatic carbocycles. The Morgan fingerprint density at radius 3 is 2.52 bits per heavy atom. The molecule has 1 aliphatic rings. The van der Waals surface area contributed by atoms with Gasteiger partial charge in [0.25, 0.3) is 5.91 Å². The summed E-state index contributed by atoms with van der Waals surface area (Å²) < 4.78 is 4.78. The number of carbonyl (C=O) groups excluding carboxylic acids is 2. The minimum atomic E-state index is -0.349. The second kappa shape index (κ2) is 6.65. The van der Waals surface area contributed by atoms with Crippen LogP contribution in [0.1, 0.15) is 39.1 Å². The van der Waals surface area contributed by atoms with Gasteiger partial charge < -0.3 is 9.64 Å². The first-order valence-electron chi connectivity index (χ1n) is 7.79. The molecule has 2 aromatic rings. The van der Waals surface area contributed by atoms with Crippen LogP contribution in [0, 0.1) is 0 Å². The number of nitrogens with zero attached hydrogens (tertiary/aromatic N) is 1. The van der Waals surface area contributed by atoms with Crippen LogP contribution in [-0.4, -0.2) is 25.5 Å². The highest BCUT2D eigenvalue weighted by atomic mass is 16.5. The maximum absolute atomic E-state index is 12.8. The van der Waals surface area contributed by atoms with E-state index >= 15 is 0 Å².